The standard InChI is InChI=1S/C12H24O4/c1-5-7-8-11(12(13)14-4)16-10(3)9-15-6-2/h10-11H,5-9H2,1-4H3. The highest BCUT2D eigenvalue weighted by Crippen LogP contribution is 2.09. The number of unbranched alkanes of at least 4 members (excludes halogenated alkanes) is 1. The van der Waals surface area contributed by atoms with Crippen LogP contribution in [-0.2, 0) is 19.0 Å². The Hall–Kier alpha value is -0.610. The number of carbonyl (C=O) groups is 1. The Morgan fingerprint density at radius 3 is 2.50 bits per heavy atom. The number of hydrogen-bond acceptors (Lipinski definition) is 4. The van der Waals surface area contributed by atoms with E-state index in [1.54, 1.807) is 0 Å². The smallest absolute Gasteiger partial charge is 0.334 e. The van der Waals surface area contributed by atoms with Crippen molar-refractivity contribution >= 4 is 5.97 Å². The fraction of sp³-hybridized carbons (Fsp3) is 0.917. The van der Waals surface area contributed by atoms with Crippen molar-refractivity contribution in [3.05, 3.63) is 0 Å². The highest BCUT2D eigenvalue weighted by Gasteiger charge is 2.21. The van der Waals surface area contributed by atoms with Gasteiger partial charge in [0, 0.05) is 6.61 Å². The van der Waals surface area contributed by atoms with Crippen LogP contribution in [0.2, 0.25) is 0 Å². The van der Waals surface area contributed by atoms with E-state index < -0.39 is 6.10 Å². The summed E-state index contributed by atoms with van der Waals surface area (Å²) in [5.74, 6) is -0.295. The van der Waals surface area contributed by atoms with E-state index in [0.29, 0.717) is 19.6 Å². The Morgan fingerprint density at radius 1 is 1.31 bits per heavy atom. The van der Waals surface area contributed by atoms with Crippen molar-refractivity contribution in [1.82, 2.24) is 0 Å². The average Bonchev–Trinajstić information content (AvgIpc) is 2.30. The Labute approximate surface area is 98.3 Å². The fourth-order valence-corrected chi connectivity index (χ4v) is 1.37. The number of hydrogen-bond donors (Lipinski definition) is 0. The third kappa shape index (κ3) is 6.80. The molecule has 0 aromatic rings. The average molecular weight is 232 g/mol. The van der Waals surface area contributed by atoms with Crippen molar-refractivity contribution in [2.75, 3.05) is 20.3 Å². The lowest BCUT2D eigenvalue weighted by Gasteiger charge is -2.20. The molecule has 2 unspecified atom stereocenters. The zero-order valence-corrected chi connectivity index (χ0v) is 10.8. The molecule has 0 heterocycles. The SMILES string of the molecule is CCCCC(OC(C)COCC)C(=O)OC. The topological polar surface area (TPSA) is 44.8 Å². The Bertz CT molecular complexity index is 182. The van der Waals surface area contributed by atoms with Gasteiger partial charge >= 0.3 is 5.97 Å². The molecule has 0 saturated carbocycles. The van der Waals surface area contributed by atoms with Crippen LogP contribution >= 0.6 is 0 Å². The molecule has 0 aromatic carbocycles. The number of carbonyl (C=O) groups excluding carboxylic acids is 1. The minimum Gasteiger partial charge on any atom is -0.467 e. The summed E-state index contributed by atoms with van der Waals surface area (Å²) in [7, 11) is 1.39. The Balaban J connectivity index is 4.03. The number of rotatable bonds is 9. The van der Waals surface area contributed by atoms with Crippen molar-refractivity contribution in [2.45, 2.75) is 52.2 Å². The monoisotopic (exact) mass is 232 g/mol. The van der Waals surface area contributed by atoms with E-state index in [4.69, 9.17) is 14.2 Å². The summed E-state index contributed by atoms with van der Waals surface area (Å²) in [6.45, 7) is 7.08. The Kier molecular flexibility index (Phi) is 9.24. The summed E-state index contributed by atoms with van der Waals surface area (Å²) < 4.78 is 15.6. The summed E-state index contributed by atoms with van der Waals surface area (Å²) in [5, 5.41) is 0. The molecule has 0 aliphatic rings. The number of methoxy groups -OCH3 is 1. The fourth-order valence-electron chi connectivity index (χ4n) is 1.37. The van der Waals surface area contributed by atoms with Gasteiger partial charge in [-0.05, 0) is 20.3 Å². The predicted octanol–water partition coefficient (Wildman–Crippen LogP) is 2.16. The highest BCUT2D eigenvalue weighted by molar-refractivity contribution is 5.74. The van der Waals surface area contributed by atoms with Crippen molar-refractivity contribution in [3.8, 4) is 0 Å². The van der Waals surface area contributed by atoms with Gasteiger partial charge in [-0.2, -0.15) is 0 Å². The normalized spacial score (nSPS) is 14.5. The molecule has 0 N–H and O–H groups in total. The van der Waals surface area contributed by atoms with Crippen molar-refractivity contribution < 1.29 is 19.0 Å². The molecule has 0 bridgehead atoms. The molecule has 0 radical (unpaired) electrons. The molecule has 0 saturated heterocycles. The maximum atomic E-state index is 11.4. The summed E-state index contributed by atoms with van der Waals surface area (Å²) in [6, 6.07) is 0. The molecule has 0 rings (SSSR count). The van der Waals surface area contributed by atoms with Crippen LogP contribution in [0.25, 0.3) is 0 Å². The van der Waals surface area contributed by atoms with Gasteiger partial charge in [0.25, 0.3) is 0 Å². The quantitative estimate of drug-likeness (QED) is 0.571. The third-order valence-electron chi connectivity index (χ3n) is 2.24. The molecule has 16 heavy (non-hydrogen) atoms. The second-order valence-corrected chi connectivity index (χ2v) is 3.76. The summed E-state index contributed by atoms with van der Waals surface area (Å²) >= 11 is 0. The van der Waals surface area contributed by atoms with Crippen molar-refractivity contribution in [1.29, 1.82) is 0 Å². The zero-order valence-electron chi connectivity index (χ0n) is 10.8. The van der Waals surface area contributed by atoms with E-state index in [1.165, 1.54) is 7.11 Å². The third-order valence-corrected chi connectivity index (χ3v) is 2.24. The molecule has 0 amide bonds. The molecule has 0 aliphatic carbocycles. The van der Waals surface area contributed by atoms with E-state index in [2.05, 4.69) is 6.92 Å². The molecular formula is C12H24O4. The van der Waals surface area contributed by atoms with Crippen LogP contribution in [0.1, 0.15) is 40.0 Å². The minimum absolute atomic E-state index is 0.0825. The minimum atomic E-state index is -0.458. The lowest BCUT2D eigenvalue weighted by molar-refractivity contribution is -0.160. The van der Waals surface area contributed by atoms with Gasteiger partial charge in [0.15, 0.2) is 6.10 Å². The van der Waals surface area contributed by atoms with E-state index in [9.17, 15) is 4.79 Å². The molecule has 4 nitrogen and oxygen atoms in total. The van der Waals surface area contributed by atoms with Gasteiger partial charge in [0.05, 0.1) is 19.8 Å². The Morgan fingerprint density at radius 2 is 2.00 bits per heavy atom. The maximum Gasteiger partial charge on any atom is 0.334 e. The molecule has 0 spiro atoms. The molecule has 0 fully saturated rings. The first-order valence-corrected chi connectivity index (χ1v) is 5.96. The summed E-state index contributed by atoms with van der Waals surface area (Å²) in [6.07, 6.45) is 2.17. The van der Waals surface area contributed by atoms with Crippen molar-refractivity contribution in [2.24, 2.45) is 0 Å². The molecule has 0 aromatic heterocycles. The highest BCUT2D eigenvalue weighted by atomic mass is 16.6. The van der Waals surface area contributed by atoms with Gasteiger partial charge < -0.3 is 14.2 Å². The van der Waals surface area contributed by atoms with Crippen LogP contribution in [0.15, 0.2) is 0 Å². The summed E-state index contributed by atoms with van der Waals surface area (Å²) in [5.41, 5.74) is 0. The second kappa shape index (κ2) is 9.60. The van der Waals surface area contributed by atoms with Crippen LogP contribution in [0, 0.1) is 0 Å². The first-order chi connectivity index (χ1) is 7.65. The van der Waals surface area contributed by atoms with Crippen molar-refractivity contribution in [3.63, 3.8) is 0 Å². The van der Waals surface area contributed by atoms with Crippen LogP contribution < -0.4 is 0 Å². The maximum absolute atomic E-state index is 11.4. The second-order valence-electron chi connectivity index (χ2n) is 3.76. The molecule has 4 heteroatoms. The van der Waals surface area contributed by atoms with Gasteiger partial charge in [-0.15, -0.1) is 0 Å². The van der Waals surface area contributed by atoms with Gasteiger partial charge in [-0.1, -0.05) is 19.8 Å². The van der Waals surface area contributed by atoms with Crippen LogP contribution in [0.4, 0.5) is 0 Å². The van der Waals surface area contributed by atoms with Crippen LogP contribution in [0.5, 0.6) is 0 Å². The zero-order chi connectivity index (χ0) is 12.4. The van der Waals surface area contributed by atoms with Crippen LogP contribution in [0.3, 0.4) is 0 Å². The summed E-state index contributed by atoms with van der Waals surface area (Å²) in [4.78, 5) is 11.4. The first kappa shape index (κ1) is 15.4. The van der Waals surface area contributed by atoms with Gasteiger partial charge in [0.2, 0.25) is 0 Å². The predicted molar refractivity (Wildman–Crippen MR) is 62.4 cm³/mol. The molecule has 2 atom stereocenters. The van der Waals surface area contributed by atoms with E-state index in [1.807, 2.05) is 13.8 Å². The number of ether oxygens (including phenoxy) is 3. The van der Waals surface area contributed by atoms with E-state index in [0.717, 1.165) is 12.8 Å². The van der Waals surface area contributed by atoms with Gasteiger partial charge in [0.1, 0.15) is 0 Å². The van der Waals surface area contributed by atoms with E-state index >= 15 is 0 Å². The lowest BCUT2D eigenvalue weighted by Crippen LogP contribution is -2.31. The molecular weight excluding hydrogens is 208 g/mol. The van der Waals surface area contributed by atoms with Gasteiger partial charge in [-0.3, -0.25) is 0 Å². The molecule has 0 aliphatic heterocycles. The first-order valence-electron chi connectivity index (χ1n) is 5.96. The largest absolute Gasteiger partial charge is 0.467 e. The van der Waals surface area contributed by atoms with Gasteiger partial charge in [-0.25, -0.2) is 4.79 Å². The van der Waals surface area contributed by atoms with E-state index in [-0.39, 0.29) is 12.1 Å². The molecule has 96 valence electrons. The van der Waals surface area contributed by atoms with Crippen LogP contribution in [-0.4, -0.2) is 38.5 Å². The lowest BCUT2D eigenvalue weighted by atomic mass is 10.1. The number of esters is 1.